The van der Waals surface area contributed by atoms with Crippen LogP contribution in [0.5, 0.6) is 5.75 Å². The summed E-state index contributed by atoms with van der Waals surface area (Å²) in [5, 5.41) is 7.90. The monoisotopic (exact) mass is 356 g/mol. The third-order valence-corrected chi connectivity index (χ3v) is 3.41. The minimum absolute atomic E-state index is 0.207. The number of pyridine rings is 1. The fourth-order valence-electron chi connectivity index (χ4n) is 2.35. The van der Waals surface area contributed by atoms with E-state index in [0.717, 1.165) is 16.4 Å². The van der Waals surface area contributed by atoms with Gasteiger partial charge in [0.05, 0.1) is 6.61 Å². The van der Waals surface area contributed by atoms with Crippen molar-refractivity contribution in [2.75, 3.05) is 13.7 Å². The van der Waals surface area contributed by atoms with Crippen molar-refractivity contribution in [2.45, 2.75) is 20.4 Å². The van der Waals surface area contributed by atoms with Gasteiger partial charge in [0, 0.05) is 24.8 Å². The minimum atomic E-state index is -0.300. The summed E-state index contributed by atoms with van der Waals surface area (Å²) < 4.78 is 5.46. The van der Waals surface area contributed by atoms with Crippen LogP contribution in [0, 0.1) is 6.92 Å². The van der Waals surface area contributed by atoms with Crippen LogP contribution in [0.15, 0.2) is 41.5 Å². The van der Waals surface area contributed by atoms with Crippen LogP contribution >= 0.6 is 0 Å². The molecule has 26 heavy (non-hydrogen) atoms. The summed E-state index contributed by atoms with van der Waals surface area (Å²) in [6.45, 7) is 4.66. The predicted molar refractivity (Wildman–Crippen MR) is 100 cm³/mol. The number of carbonyl (C=O) groups is 1. The lowest BCUT2D eigenvalue weighted by molar-refractivity contribution is 0.0945. The number of benzene rings is 1. The van der Waals surface area contributed by atoms with Crippen molar-refractivity contribution >= 4 is 11.7 Å². The average Bonchev–Trinajstić information content (AvgIpc) is 2.59. The third kappa shape index (κ3) is 5.45. The van der Waals surface area contributed by atoms with Gasteiger partial charge >= 0.3 is 0 Å². The molecular formula is C18H24N6O2. The molecule has 0 radical (unpaired) electrons. The van der Waals surface area contributed by atoms with E-state index in [1.54, 1.807) is 26.1 Å². The second-order valence-electron chi connectivity index (χ2n) is 5.70. The van der Waals surface area contributed by atoms with Gasteiger partial charge in [-0.25, -0.2) is 15.9 Å². The maximum Gasteiger partial charge on any atom is 0.270 e. The molecule has 0 unspecified atom stereocenters. The molecule has 8 heteroatoms. The van der Waals surface area contributed by atoms with E-state index >= 15 is 0 Å². The Morgan fingerprint density at radius 3 is 2.81 bits per heavy atom. The molecule has 0 spiro atoms. The molecule has 0 atom stereocenters. The fraction of sp³-hybridized carbons (Fsp3) is 0.278. The van der Waals surface area contributed by atoms with E-state index in [2.05, 4.69) is 15.4 Å². The van der Waals surface area contributed by atoms with Crippen molar-refractivity contribution in [1.29, 1.82) is 0 Å². The lowest BCUT2D eigenvalue weighted by Gasteiger charge is -2.10. The Labute approximate surface area is 152 Å². The van der Waals surface area contributed by atoms with Crippen LogP contribution in [0.1, 0.15) is 34.2 Å². The number of nitrogens with one attached hydrogen (secondary N) is 1. The zero-order valence-corrected chi connectivity index (χ0v) is 15.2. The topological polar surface area (TPSA) is 119 Å². The van der Waals surface area contributed by atoms with E-state index in [1.807, 2.05) is 31.2 Å². The molecule has 1 amide bonds. The van der Waals surface area contributed by atoms with Crippen LogP contribution in [0.2, 0.25) is 0 Å². The number of nitrogens with zero attached hydrogens (tertiary/aromatic N) is 3. The summed E-state index contributed by atoms with van der Waals surface area (Å²) in [4.78, 5) is 16.7. The normalized spacial score (nSPS) is 11.2. The highest BCUT2D eigenvalue weighted by Crippen LogP contribution is 2.13. The van der Waals surface area contributed by atoms with E-state index < -0.39 is 0 Å². The van der Waals surface area contributed by atoms with E-state index in [0.29, 0.717) is 24.4 Å². The SMILES string of the molecule is CCOc1cccc(CNC(=O)c2cc(/C(N)=N/N(C)N)cc(C)n2)c1. The number of rotatable bonds is 7. The second-order valence-corrected chi connectivity index (χ2v) is 5.70. The first-order valence-corrected chi connectivity index (χ1v) is 8.20. The zero-order valence-electron chi connectivity index (χ0n) is 15.2. The van der Waals surface area contributed by atoms with Crippen LogP contribution in [0.25, 0.3) is 0 Å². The molecule has 2 aromatic rings. The third-order valence-electron chi connectivity index (χ3n) is 3.41. The number of hydrazone groups is 1. The number of hydrogen-bond acceptors (Lipinski definition) is 6. The number of hydrazine groups is 1. The van der Waals surface area contributed by atoms with Crippen LogP contribution in [-0.4, -0.2) is 35.5 Å². The molecule has 0 fully saturated rings. The Bertz CT molecular complexity index is 804. The summed E-state index contributed by atoms with van der Waals surface area (Å²) in [6.07, 6.45) is 0. The number of aryl methyl sites for hydroxylation is 1. The van der Waals surface area contributed by atoms with Gasteiger partial charge in [0.2, 0.25) is 0 Å². The molecule has 1 aromatic heterocycles. The Kier molecular flexibility index (Phi) is 6.51. The van der Waals surface area contributed by atoms with Gasteiger partial charge in [-0.1, -0.05) is 12.1 Å². The number of amides is 1. The zero-order chi connectivity index (χ0) is 19.1. The number of ether oxygens (including phenoxy) is 1. The lowest BCUT2D eigenvalue weighted by Crippen LogP contribution is -2.27. The first-order chi connectivity index (χ1) is 12.4. The average molecular weight is 356 g/mol. The molecule has 8 nitrogen and oxygen atoms in total. The van der Waals surface area contributed by atoms with Gasteiger partial charge in [0.15, 0.2) is 5.84 Å². The molecule has 1 aromatic carbocycles. The number of nitrogens with two attached hydrogens (primary N) is 2. The molecule has 0 aliphatic heterocycles. The van der Waals surface area contributed by atoms with Crippen LogP contribution < -0.4 is 21.6 Å². The first kappa shape index (κ1) is 19.2. The van der Waals surface area contributed by atoms with Gasteiger partial charge in [-0.2, -0.15) is 0 Å². The van der Waals surface area contributed by atoms with Crippen molar-refractivity contribution in [1.82, 2.24) is 15.4 Å². The van der Waals surface area contributed by atoms with Crippen molar-refractivity contribution in [3.8, 4) is 5.75 Å². The largest absolute Gasteiger partial charge is 0.494 e. The standard InChI is InChI=1S/C18H24N6O2/c1-4-26-15-7-5-6-13(9-15)11-21-18(25)16-10-14(8-12(2)22-16)17(19)23-24(3)20/h5-10H,4,11,20H2,1-3H3,(H2,19,23)(H,21,25). The van der Waals surface area contributed by atoms with Gasteiger partial charge in [0.1, 0.15) is 11.4 Å². The lowest BCUT2D eigenvalue weighted by atomic mass is 10.1. The molecule has 2 rings (SSSR count). The number of carbonyl (C=O) groups excluding carboxylic acids is 1. The molecule has 5 N–H and O–H groups in total. The molecule has 138 valence electrons. The maximum atomic E-state index is 12.5. The molecule has 0 aliphatic carbocycles. The van der Waals surface area contributed by atoms with Gasteiger partial charge < -0.3 is 15.8 Å². The second kappa shape index (κ2) is 8.82. The van der Waals surface area contributed by atoms with Crippen LogP contribution in [-0.2, 0) is 6.54 Å². The van der Waals surface area contributed by atoms with E-state index in [4.69, 9.17) is 16.3 Å². The predicted octanol–water partition coefficient (Wildman–Crippen LogP) is 1.14. The van der Waals surface area contributed by atoms with Crippen LogP contribution in [0.4, 0.5) is 0 Å². The van der Waals surface area contributed by atoms with E-state index in [9.17, 15) is 4.79 Å². The quantitative estimate of drug-likeness (QED) is 0.296. The van der Waals surface area contributed by atoms with Gasteiger partial charge in [-0.15, -0.1) is 5.10 Å². The van der Waals surface area contributed by atoms with Crippen molar-refractivity contribution in [2.24, 2.45) is 16.7 Å². The van der Waals surface area contributed by atoms with Crippen molar-refractivity contribution in [3.63, 3.8) is 0 Å². The highest BCUT2D eigenvalue weighted by molar-refractivity contribution is 6.00. The van der Waals surface area contributed by atoms with Crippen molar-refractivity contribution in [3.05, 3.63) is 58.9 Å². The van der Waals surface area contributed by atoms with E-state index in [-0.39, 0.29) is 17.4 Å². The summed E-state index contributed by atoms with van der Waals surface area (Å²) in [5.41, 5.74) is 8.33. The van der Waals surface area contributed by atoms with Gasteiger partial charge in [0.25, 0.3) is 5.91 Å². The van der Waals surface area contributed by atoms with Gasteiger partial charge in [-0.3, -0.25) is 4.79 Å². The highest BCUT2D eigenvalue weighted by Gasteiger charge is 2.11. The van der Waals surface area contributed by atoms with E-state index in [1.165, 1.54) is 0 Å². The van der Waals surface area contributed by atoms with Crippen LogP contribution in [0.3, 0.4) is 0 Å². The first-order valence-electron chi connectivity index (χ1n) is 8.20. The molecular weight excluding hydrogens is 332 g/mol. The fourth-order valence-corrected chi connectivity index (χ4v) is 2.35. The molecule has 0 aliphatic rings. The number of hydrogen-bond donors (Lipinski definition) is 3. The number of amidine groups is 1. The Morgan fingerprint density at radius 1 is 1.35 bits per heavy atom. The molecule has 0 bridgehead atoms. The maximum absolute atomic E-state index is 12.5. The molecule has 0 saturated heterocycles. The molecule has 1 heterocycles. The molecule has 0 saturated carbocycles. The summed E-state index contributed by atoms with van der Waals surface area (Å²) in [7, 11) is 1.56. The Balaban J connectivity index is 2.12. The van der Waals surface area contributed by atoms with Crippen molar-refractivity contribution < 1.29 is 9.53 Å². The summed E-state index contributed by atoms with van der Waals surface area (Å²) >= 11 is 0. The Hall–Kier alpha value is -3.13. The highest BCUT2D eigenvalue weighted by atomic mass is 16.5. The summed E-state index contributed by atoms with van der Waals surface area (Å²) in [5.74, 6) is 6.15. The number of aromatic nitrogens is 1. The Morgan fingerprint density at radius 2 is 2.12 bits per heavy atom. The summed E-state index contributed by atoms with van der Waals surface area (Å²) in [6, 6.07) is 10.9. The van der Waals surface area contributed by atoms with Gasteiger partial charge in [-0.05, 0) is 43.7 Å². The smallest absolute Gasteiger partial charge is 0.270 e. The minimum Gasteiger partial charge on any atom is -0.494 e.